The van der Waals surface area contributed by atoms with E-state index in [2.05, 4.69) is 9.97 Å². The number of aromatic nitrogens is 2. The average Bonchev–Trinajstić information content (AvgIpc) is 3.01. The minimum absolute atomic E-state index is 0.0255. The van der Waals surface area contributed by atoms with Crippen molar-refractivity contribution in [1.82, 2.24) is 9.97 Å². The largest absolute Gasteiger partial charge is 0.432 e. The molecule has 0 spiro atoms. The van der Waals surface area contributed by atoms with E-state index >= 15 is 8.78 Å². The van der Waals surface area contributed by atoms with Crippen molar-refractivity contribution >= 4 is 0 Å². The summed E-state index contributed by atoms with van der Waals surface area (Å²) in [6.07, 6.45) is 3.96. The molecule has 4 aromatic carbocycles. The molecule has 0 aliphatic carbocycles. The van der Waals surface area contributed by atoms with Crippen molar-refractivity contribution in [1.29, 1.82) is 5.26 Å². The van der Waals surface area contributed by atoms with Crippen molar-refractivity contribution < 1.29 is 31.1 Å². The van der Waals surface area contributed by atoms with E-state index in [-0.39, 0.29) is 28.1 Å². The molecule has 0 fully saturated rings. The number of ether oxygens (including phenoxy) is 1. The Morgan fingerprint density at radius 2 is 1.36 bits per heavy atom. The van der Waals surface area contributed by atoms with Crippen LogP contribution in [-0.2, 0) is 12.5 Å². The number of hydrogen-bond acceptors (Lipinski definition) is 4. The van der Waals surface area contributed by atoms with E-state index < -0.39 is 40.7 Å². The standard InChI is InChI=1S/C35H23F6N3O/c1-2-3-4-5-21-19-43-34(44-20-21)26-16-31(38)33(32(39)17-26)35(40,41)45-27-11-8-22(9-12-27)23-10-13-28(30(37)14-23)24-6-7-25(18-42)29(36)15-24/h2-3,6-17,19-20H,4-5H2,1H3/b3-2+. The number of nitriles is 1. The summed E-state index contributed by atoms with van der Waals surface area (Å²) < 4.78 is 93.4. The highest BCUT2D eigenvalue weighted by atomic mass is 19.3. The number of alkyl halides is 2. The SMILES string of the molecule is C/C=C/CCc1cnc(-c2cc(F)c(C(F)(F)Oc3ccc(-c4ccc(-c5ccc(C#N)c(F)c5)c(F)c4)cc3)c(F)c2)nc1. The summed E-state index contributed by atoms with van der Waals surface area (Å²) in [7, 11) is 0. The van der Waals surface area contributed by atoms with E-state index in [0.717, 1.165) is 42.3 Å². The lowest BCUT2D eigenvalue weighted by atomic mass is 9.99. The number of halogens is 6. The van der Waals surface area contributed by atoms with Crippen molar-refractivity contribution in [2.75, 3.05) is 0 Å². The first-order valence-electron chi connectivity index (χ1n) is 13.7. The van der Waals surface area contributed by atoms with Crippen LogP contribution in [0.15, 0.2) is 97.3 Å². The van der Waals surface area contributed by atoms with Gasteiger partial charge in [0, 0.05) is 23.5 Å². The molecule has 0 radical (unpaired) electrons. The Morgan fingerprint density at radius 3 is 1.96 bits per heavy atom. The molecule has 0 bridgehead atoms. The lowest BCUT2D eigenvalue weighted by Crippen LogP contribution is -2.25. The summed E-state index contributed by atoms with van der Waals surface area (Å²) >= 11 is 0. The third-order valence-electron chi connectivity index (χ3n) is 6.94. The molecule has 0 N–H and O–H groups in total. The van der Waals surface area contributed by atoms with Gasteiger partial charge in [0.25, 0.3) is 0 Å². The molecule has 0 saturated carbocycles. The van der Waals surface area contributed by atoms with E-state index in [1.54, 1.807) is 12.1 Å². The third-order valence-corrected chi connectivity index (χ3v) is 6.94. The Balaban J connectivity index is 1.31. The molecule has 5 rings (SSSR count). The monoisotopic (exact) mass is 615 g/mol. The molecule has 10 heteroatoms. The van der Waals surface area contributed by atoms with Crippen LogP contribution in [0.2, 0.25) is 0 Å². The van der Waals surface area contributed by atoms with Gasteiger partial charge in [-0.3, -0.25) is 0 Å². The van der Waals surface area contributed by atoms with Crippen LogP contribution in [0.3, 0.4) is 0 Å². The van der Waals surface area contributed by atoms with Crippen LogP contribution in [-0.4, -0.2) is 9.97 Å². The van der Waals surface area contributed by atoms with Crippen molar-refractivity contribution in [2.24, 2.45) is 0 Å². The zero-order valence-electron chi connectivity index (χ0n) is 23.7. The molecule has 0 atom stereocenters. The maximum Gasteiger partial charge on any atom is 0.432 e. The topological polar surface area (TPSA) is 58.8 Å². The van der Waals surface area contributed by atoms with Gasteiger partial charge in [-0.1, -0.05) is 42.5 Å². The molecular weight excluding hydrogens is 592 g/mol. The van der Waals surface area contributed by atoms with Crippen molar-refractivity contribution in [2.45, 2.75) is 25.9 Å². The molecule has 1 aromatic heterocycles. The van der Waals surface area contributed by atoms with Gasteiger partial charge in [0.1, 0.15) is 40.7 Å². The molecule has 0 saturated heterocycles. The number of rotatable bonds is 9. The molecule has 0 aliphatic rings. The van der Waals surface area contributed by atoms with Crippen molar-refractivity contribution in [3.8, 4) is 45.5 Å². The smallest absolute Gasteiger partial charge is 0.429 e. The second-order valence-corrected chi connectivity index (χ2v) is 9.98. The zero-order chi connectivity index (χ0) is 32.1. The third kappa shape index (κ3) is 6.88. The maximum atomic E-state index is 15.0. The van der Waals surface area contributed by atoms with Gasteiger partial charge in [0.2, 0.25) is 0 Å². The van der Waals surface area contributed by atoms with Gasteiger partial charge in [-0.05, 0) is 84.5 Å². The minimum atomic E-state index is -4.38. The van der Waals surface area contributed by atoms with E-state index in [4.69, 9.17) is 10.00 Å². The summed E-state index contributed by atoms with van der Waals surface area (Å²) in [6.45, 7) is 1.90. The second-order valence-electron chi connectivity index (χ2n) is 9.98. The van der Waals surface area contributed by atoms with Gasteiger partial charge in [-0.2, -0.15) is 14.0 Å². The molecule has 45 heavy (non-hydrogen) atoms. The summed E-state index contributed by atoms with van der Waals surface area (Å²) in [5, 5.41) is 8.89. The fourth-order valence-electron chi connectivity index (χ4n) is 4.65. The lowest BCUT2D eigenvalue weighted by molar-refractivity contribution is -0.189. The predicted octanol–water partition coefficient (Wildman–Crippen LogP) is 9.54. The van der Waals surface area contributed by atoms with Crippen LogP contribution in [0, 0.1) is 34.6 Å². The molecular formula is C35H23F6N3O. The Kier molecular flexibility index (Phi) is 9.00. The van der Waals surface area contributed by atoms with E-state index in [1.165, 1.54) is 48.8 Å². The first-order chi connectivity index (χ1) is 21.6. The lowest BCUT2D eigenvalue weighted by Gasteiger charge is -2.20. The van der Waals surface area contributed by atoms with Crippen LogP contribution in [0.1, 0.15) is 30.0 Å². The summed E-state index contributed by atoms with van der Waals surface area (Å²) in [5.74, 6) is -4.95. The van der Waals surface area contributed by atoms with Gasteiger partial charge in [0.15, 0.2) is 5.82 Å². The van der Waals surface area contributed by atoms with Crippen LogP contribution in [0.5, 0.6) is 5.75 Å². The first kappa shape index (κ1) is 31.0. The quantitative estimate of drug-likeness (QED) is 0.122. The number of nitrogens with zero attached hydrogens (tertiary/aromatic N) is 3. The normalized spacial score (nSPS) is 11.5. The van der Waals surface area contributed by atoms with E-state index in [9.17, 15) is 17.6 Å². The van der Waals surface area contributed by atoms with Gasteiger partial charge in [-0.25, -0.2) is 27.5 Å². The molecule has 0 aliphatic heterocycles. The maximum absolute atomic E-state index is 15.0. The first-order valence-corrected chi connectivity index (χ1v) is 13.7. The predicted molar refractivity (Wildman–Crippen MR) is 157 cm³/mol. The fraction of sp³-hybridized carbons (Fsp3) is 0.114. The van der Waals surface area contributed by atoms with Gasteiger partial charge in [-0.15, -0.1) is 0 Å². The Morgan fingerprint density at radius 1 is 0.756 bits per heavy atom. The molecule has 0 amide bonds. The minimum Gasteiger partial charge on any atom is -0.429 e. The molecule has 1 heterocycles. The summed E-state index contributed by atoms with van der Waals surface area (Å²) in [6, 6.07) is 16.1. The molecule has 226 valence electrons. The van der Waals surface area contributed by atoms with Crippen LogP contribution in [0.25, 0.3) is 33.6 Å². The van der Waals surface area contributed by atoms with E-state index in [0.29, 0.717) is 17.5 Å². The Hall–Kier alpha value is -5.43. The highest BCUT2D eigenvalue weighted by Crippen LogP contribution is 2.37. The number of aryl methyl sites for hydroxylation is 1. The average molecular weight is 616 g/mol. The van der Waals surface area contributed by atoms with Gasteiger partial charge >= 0.3 is 6.11 Å². The molecule has 4 nitrogen and oxygen atoms in total. The van der Waals surface area contributed by atoms with Gasteiger partial charge < -0.3 is 4.74 Å². The fourth-order valence-corrected chi connectivity index (χ4v) is 4.65. The number of allylic oxidation sites excluding steroid dienone is 2. The zero-order valence-corrected chi connectivity index (χ0v) is 23.7. The molecule has 0 unspecified atom stereocenters. The van der Waals surface area contributed by atoms with Gasteiger partial charge in [0.05, 0.1) is 5.56 Å². The van der Waals surface area contributed by atoms with E-state index in [1.807, 2.05) is 19.1 Å². The van der Waals surface area contributed by atoms with Crippen molar-refractivity contribution in [3.05, 3.63) is 137 Å². The summed E-state index contributed by atoms with van der Waals surface area (Å²) in [4.78, 5) is 8.20. The Bertz CT molecular complexity index is 1890. The molecule has 5 aromatic rings. The summed E-state index contributed by atoms with van der Waals surface area (Å²) in [5.41, 5.74) is 0.0865. The van der Waals surface area contributed by atoms with Crippen LogP contribution < -0.4 is 4.74 Å². The Labute approximate surface area is 254 Å². The second kappa shape index (κ2) is 13.1. The number of benzene rings is 4. The highest BCUT2D eigenvalue weighted by molar-refractivity contribution is 5.72. The number of hydrogen-bond donors (Lipinski definition) is 0. The van der Waals surface area contributed by atoms with Crippen LogP contribution in [0.4, 0.5) is 26.3 Å². The van der Waals surface area contributed by atoms with Crippen molar-refractivity contribution in [3.63, 3.8) is 0 Å². The highest BCUT2D eigenvalue weighted by Gasteiger charge is 2.41. The van der Waals surface area contributed by atoms with Crippen LogP contribution >= 0.6 is 0 Å².